The maximum Gasteiger partial charge on any atom is 0.335 e. The Labute approximate surface area is 116 Å². The minimum absolute atomic E-state index is 0.0902. The molecule has 0 aliphatic heterocycles. The molecule has 1 aromatic carbocycles. The van der Waals surface area contributed by atoms with E-state index in [9.17, 15) is 4.79 Å². The fourth-order valence-corrected chi connectivity index (χ4v) is 2.23. The topological polar surface area (TPSA) is 101 Å². The van der Waals surface area contributed by atoms with Gasteiger partial charge in [0.25, 0.3) is 0 Å². The molecule has 0 saturated heterocycles. The third kappa shape index (κ3) is 2.59. The second-order valence-electron chi connectivity index (χ2n) is 4.71. The van der Waals surface area contributed by atoms with Crippen LogP contribution in [0.3, 0.4) is 0 Å². The van der Waals surface area contributed by atoms with E-state index in [4.69, 9.17) is 15.4 Å². The second kappa shape index (κ2) is 5.24. The van der Waals surface area contributed by atoms with Crippen molar-refractivity contribution in [3.63, 3.8) is 0 Å². The van der Waals surface area contributed by atoms with Crippen LogP contribution in [-0.4, -0.2) is 16.2 Å². The maximum absolute atomic E-state index is 11.0. The summed E-state index contributed by atoms with van der Waals surface area (Å²) in [7, 11) is 0. The van der Waals surface area contributed by atoms with E-state index in [1.807, 2.05) is 20.8 Å². The predicted octanol–water partition coefficient (Wildman–Crippen LogP) is 2.74. The lowest BCUT2D eigenvalue weighted by atomic mass is 10.1. The first-order valence-corrected chi connectivity index (χ1v) is 6.22. The molecule has 1 unspecified atom stereocenters. The maximum atomic E-state index is 11.0. The van der Waals surface area contributed by atoms with Gasteiger partial charge in [-0.3, -0.25) is 0 Å². The van der Waals surface area contributed by atoms with Crippen LogP contribution < -0.4 is 11.1 Å². The molecule has 4 N–H and O–H groups in total. The number of nitrogens with zero attached hydrogens (tertiary/aromatic N) is 1. The molecule has 0 aliphatic rings. The molecule has 0 saturated carbocycles. The fourth-order valence-electron chi connectivity index (χ4n) is 2.23. The summed E-state index contributed by atoms with van der Waals surface area (Å²) in [5.41, 5.74) is 8.89. The number of hydrogen-bond donors (Lipinski definition) is 3. The molecule has 0 amide bonds. The van der Waals surface area contributed by atoms with Gasteiger partial charge in [0.05, 0.1) is 28.7 Å². The number of nitrogen functional groups attached to an aromatic ring is 1. The van der Waals surface area contributed by atoms with Crippen molar-refractivity contribution >= 4 is 17.3 Å². The summed E-state index contributed by atoms with van der Waals surface area (Å²) in [4.78, 5) is 11.0. The Morgan fingerprint density at radius 1 is 1.45 bits per heavy atom. The zero-order chi connectivity index (χ0) is 14.9. The van der Waals surface area contributed by atoms with E-state index in [0.29, 0.717) is 11.4 Å². The normalized spacial score (nSPS) is 12.2. The molecule has 1 aromatic heterocycles. The molecule has 1 heterocycles. The third-order valence-corrected chi connectivity index (χ3v) is 3.19. The zero-order valence-corrected chi connectivity index (χ0v) is 11.6. The predicted molar refractivity (Wildman–Crippen MR) is 75.8 cm³/mol. The standard InChI is InChI=1S/C14H17N3O3/c1-7(13-8(2)17-20-9(13)3)16-12-6-10(14(18)19)4-5-11(12)15/h4-7,16H,15H2,1-3H3,(H,18,19). The average Bonchev–Trinajstić information content (AvgIpc) is 2.71. The number of nitrogens with two attached hydrogens (primary N) is 1. The Hall–Kier alpha value is -2.50. The van der Waals surface area contributed by atoms with Crippen molar-refractivity contribution in [3.8, 4) is 0 Å². The van der Waals surface area contributed by atoms with Crippen LogP contribution in [0.15, 0.2) is 22.7 Å². The van der Waals surface area contributed by atoms with E-state index in [2.05, 4.69) is 10.5 Å². The first kappa shape index (κ1) is 13.9. The molecule has 0 spiro atoms. The minimum Gasteiger partial charge on any atom is -0.478 e. The van der Waals surface area contributed by atoms with Crippen molar-refractivity contribution < 1.29 is 14.4 Å². The first-order valence-electron chi connectivity index (χ1n) is 6.22. The third-order valence-electron chi connectivity index (χ3n) is 3.19. The van der Waals surface area contributed by atoms with E-state index in [0.717, 1.165) is 17.0 Å². The monoisotopic (exact) mass is 275 g/mol. The van der Waals surface area contributed by atoms with E-state index >= 15 is 0 Å². The van der Waals surface area contributed by atoms with Crippen molar-refractivity contribution in [1.82, 2.24) is 5.16 Å². The number of aryl methyl sites for hydroxylation is 2. The van der Waals surface area contributed by atoms with Gasteiger partial charge >= 0.3 is 5.97 Å². The summed E-state index contributed by atoms with van der Waals surface area (Å²) < 4.78 is 5.13. The number of benzene rings is 1. The largest absolute Gasteiger partial charge is 0.478 e. The molecule has 2 aromatic rings. The highest BCUT2D eigenvalue weighted by molar-refractivity contribution is 5.90. The van der Waals surface area contributed by atoms with Crippen LogP contribution in [0, 0.1) is 13.8 Å². The van der Waals surface area contributed by atoms with Gasteiger partial charge in [0.15, 0.2) is 0 Å². The minimum atomic E-state index is -0.988. The number of anilines is 2. The average molecular weight is 275 g/mol. The summed E-state index contributed by atoms with van der Waals surface area (Å²) in [5, 5.41) is 16.1. The highest BCUT2D eigenvalue weighted by Crippen LogP contribution is 2.28. The molecule has 20 heavy (non-hydrogen) atoms. The highest BCUT2D eigenvalue weighted by Gasteiger charge is 2.17. The Morgan fingerprint density at radius 2 is 2.15 bits per heavy atom. The Morgan fingerprint density at radius 3 is 2.70 bits per heavy atom. The summed E-state index contributed by atoms with van der Waals surface area (Å²) in [5.74, 6) is -0.256. The van der Waals surface area contributed by atoms with Crippen LogP contribution in [0.1, 0.15) is 40.3 Å². The Kier molecular flexibility index (Phi) is 3.65. The lowest BCUT2D eigenvalue weighted by molar-refractivity contribution is 0.0697. The molecule has 0 aliphatic carbocycles. The smallest absolute Gasteiger partial charge is 0.335 e. The Bertz CT molecular complexity index is 630. The summed E-state index contributed by atoms with van der Waals surface area (Å²) in [6.07, 6.45) is 0. The van der Waals surface area contributed by atoms with E-state index < -0.39 is 5.97 Å². The molecule has 106 valence electrons. The van der Waals surface area contributed by atoms with Gasteiger partial charge in [0.2, 0.25) is 0 Å². The van der Waals surface area contributed by atoms with Gasteiger partial charge in [-0.05, 0) is 39.0 Å². The van der Waals surface area contributed by atoms with Gasteiger partial charge < -0.3 is 20.7 Å². The number of aromatic carboxylic acids is 1. The molecule has 0 radical (unpaired) electrons. The van der Waals surface area contributed by atoms with Crippen LogP contribution in [0.5, 0.6) is 0 Å². The van der Waals surface area contributed by atoms with Crippen LogP contribution >= 0.6 is 0 Å². The van der Waals surface area contributed by atoms with E-state index in [-0.39, 0.29) is 11.6 Å². The van der Waals surface area contributed by atoms with Gasteiger partial charge in [-0.25, -0.2) is 4.79 Å². The van der Waals surface area contributed by atoms with Crippen LogP contribution in [0.25, 0.3) is 0 Å². The van der Waals surface area contributed by atoms with Crippen molar-refractivity contribution in [2.75, 3.05) is 11.1 Å². The lowest BCUT2D eigenvalue weighted by Crippen LogP contribution is -2.11. The van der Waals surface area contributed by atoms with Crippen molar-refractivity contribution in [2.45, 2.75) is 26.8 Å². The molecule has 0 bridgehead atoms. The van der Waals surface area contributed by atoms with E-state index in [1.165, 1.54) is 12.1 Å². The zero-order valence-electron chi connectivity index (χ0n) is 11.6. The number of hydrogen-bond acceptors (Lipinski definition) is 5. The summed E-state index contributed by atoms with van der Waals surface area (Å²) in [6, 6.07) is 4.48. The van der Waals surface area contributed by atoms with Gasteiger partial charge in [0, 0.05) is 5.56 Å². The summed E-state index contributed by atoms with van der Waals surface area (Å²) in [6.45, 7) is 5.64. The molecule has 1 atom stereocenters. The number of carboxylic acid groups (broad SMARTS) is 1. The molecular weight excluding hydrogens is 258 g/mol. The fraction of sp³-hybridized carbons (Fsp3) is 0.286. The lowest BCUT2D eigenvalue weighted by Gasteiger charge is -2.17. The highest BCUT2D eigenvalue weighted by atomic mass is 16.5. The molecule has 0 fully saturated rings. The van der Waals surface area contributed by atoms with Crippen molar-refractivity contribution in [3.05, 3.63) is 40.8 Å². The quantitative estimate of drug-likeness (QED) is 0.741. The van der Waals surface area contributed by atoms with Crippen LogP contribution in [0.4, 0.5) is 11.4 Å². The van der Waals surface area contributed by atoms with Crippen molar-refractivity contribution in [2.24, 2.45) is 0 Å². The van der Waals surface area contributed by atoms with Crippen molar-refractivity contribution in [1.29, 1.82) is 0 Å². The van der Waals surface area contributed by atoms with E-state index in [1.54, 1.807) is 6.07 Å². The van der Waals surface area contributed by atoms with Gasteiger partial charge in [0.1, 0.15) is 5.76 Å². The Balaban J connectivity index is 2.30. The number of nitrogens with one attached hydrogen (secondary N) is 1. The van der Waals surface area contributed by atoms with Gasteiger partial charge in [-0.2, -0.15) is 0 Å². The number of carbonyl (C=O) groups is 1. The number of rotatable bonds is 4. The molecular formula is C14H17N3O3. The first-order chi connectivity index (χ1) is 9.40. The number of aromatic nitrogens is 1. The molecule has 6 nitrogen and oxygen atoms in total. The summed E-state index contributed by atoms with van der Waals surface area (Å²) >= 11 is 0. The van der Waals surface area contributed by atoms with Crippen LogP contribution in [0.2, 0.25) is 0 Å². The van der Waals surface area contributed by atoms with Gasteiger partial charge in [-0.1, -0.05) is 5.16 Å². The van der Waals surface area contributed by atoms with Crippen LogP contribution in [-0.2, 0) is 0 Å². The SMILES string of the molecule is Cc1noc(C)c1C(C)Nc1cc(C(=O)O)ccc1N. The number of carboxylic acids is 1. The molecule has 6 heteroatoms. The molecule has 2 rings (SSSR count). The second-order valence-corrected chi connectivity index (χ2v) is 4.71. The van der Waals surface area contributed by atoms with Gasteiger partial charge in [-0.15, -0.1) is 0 Å².